The summed E-state index contributed by atoms with van der Waals surface area (Å²) in [4.78, 5) is 12.0. The van der Waals surface area contributed by atoms with Crippen LogP contribution in [0.2, 0.25) is 0 Å². The highest BCUT2D eigenvalue weighted by Gasteiger charge is 2.17. The number of hydrogen-bond acceptors (Lipinski definition) is 3. The predicted octanol–water partition coefficient (Wildman–Crippen LogP) is 5.94. The van der Waals surface area contributed by atoms with E-state index in [1.165, 1.54) is 0 Å². The Hall–Kier alpha value is -1.18. The number of carbonyl (C=O) groups is 1. The molecule has 1 N–H and O–H groups in total. The van der Waals surface area contributed by atoms with Crippen molar-refractivity contribution >= 4 is 59.9 Å². The van der Waals surface area contributed by atoms with E-state index in [1.54, 1.807) is 6.21 Å². The Labute approximate surface area is 178 Å². The number of nitrogens with zero attached hydrogens (tertiary/aromatic N) is 1. The number of rotatable bonds is 6. The molecule has 2 aromatic carbocycles. The van der Waals surface area contributed by atoms with E-state index in [2.05, 4.69) is 72.2 Å². The Morgan fingerprint density at radius 3 is 2.50 bits per heavy atom. The van der Waals surface area contributed by atoms with Gasteiger partial charge in [0.25, 0.3) is 5.91 Å². The van der Waals surface area contributed by atoms with Crippen LogP contribution in [-0.4, -0.2) is 18.7 Å². The summed E-state index contributed by atoms with van der Waals surface area (Å²) in [7, 11) is 0. The Bertz CT molecular complexity index is 819. The highest BCUT2D eigenvalue weighted by atomic mass is 79.9. The summed E-state index contributed by atoms with van der Waals surface area (Å²) < 4.78 is 8.63. The second kappa shape index (κ2) is 9.67. The third-order valence-electron chi connectivity index (χ3n) is 3.67. The number of halogens is 3. The molecule has 0 atom stereocenters. The molecule has 0 saturated heterocycles. The molecule has 0 aromatic heterocycles. The summed E-state index contributed by atoms with van der Waals surface area (Å²) >= 11 is 10.5. The van der Waals surface area contributed by atoms with Gasteiger partial charge in [-0.1, -0.05) is 57.8 Å². The van der Waals surface area contributed by atoms with E-state index in [-0.39, 0.29) is 18.4 Å². The van der Waals surface area contributed by atoms with Crippen LogP contribution < -0.4 is 10.2 Å². The van der Waals surface area contributed by atoms with Crippen molar-refractivity contribution in [3.63, 3.8) is 0 Å². The minimum atomic E-state index is -0.319. The second-order valence-corrected chi connectivity index (χ2v) is 8.57. The van der Waals surface area contributed by atoms with Crippen molar-refractivity contribution in [1.82, 2.24) is 5.43 Å². The number of hydrogen-bond donors (Lipinski definition) is 1. The molecule has 0 aliphatic rings. The molecule has 0 aliphatic carbocycles. The molecule has 26 heavy (non-hydrogen) atoms. The monoisotopic (exact) mass is 544 g/mol. The van der Waals surface area contributed by atoms with Gasteiger partial charge in [0.2, 0.25) is 0 Å². The number of benzene rings is 2. The fraction of sp³-hybridized carbons (Fsp3) is 0.263. The fourth-order valence-corrected chi connectivity index (χ4v) is 3.72. The number of amides is 1. The Morgan fingerprint density at radius 1 is 1.23 bits per heavy atom. The molecular formula is C19H19Br3N2O2. The maximum atomic E-state index is 12.0. The standard InChI is InChI=1S/C19H19Br3N2O2/c1-11(2)15-8-16(21)12(3)18(22)19(15)26-10-17(25)24-23-9-13-4-6-14(20)7-5-13/h4-9,11H,10H2,1-3H3,(H,24,25). The summed E-state index contributed by atoms with van der Waals surface area (Å²) in [6.45, 7) is 6.03. The van der Waals surface area contributed by atoms with Crippen molar-refractivity contribution < 1.29 is 9.53 Å². The lowest BCUT2D eigenvalue weighted by Gasteiger charge is -2.18. The molecule has 4 nitrogen and oxygen atoms in total. The molecule has 0 heterocycles. The van der Waals surface area contributed by atoms with Crippen LogP contribution in [0.25, 0.3) is 0 Å². The summed E-state index contributed by atoms with van der Waals surface area (Å²) in [5.41, 5.74) is 5.43. The summed E-state index contributed by atoms with van der Waals surface area (Å²) in [6.07, 6.45) is 1.59. The van der Waals surface area contributed by atoms with E-state index >= 15 is 0 Å². The van der Waals surface area contributed by atoms with E-state index in [0.717, 1.165) is 30.1 Å². The number of ether oxygens (including phenoxy) is 1. The van der Waals surface area contributed by atoms with E-state index in [0.29, 0.717) is 5.75 Å². The molecule has 138 valence electrons. The third kappa shape index (κ3) is 5.66. The van der Waals surface area contributed by atoms with Crippen LogP contribution in [0.5, 0.6) is 5.75 Å². The predicted molar refractivity (Wildman–Crippen MR) is 116 cm³/mol. The van der Waals surface area contributed by atoms with Crippen molar-refractivity contribution in [1.29, 1.82) is 0 Å². The number of carbonyl (C=O) groups excluding carboxylic acids is 1. The van der Waals surface area contributed by atoms with Gasteiger partial charge in [0, 0.05) is 8.95 Å². The first-order valence-corrected chi connectivity index (χ1v) is 10.4. The van der Waals surface area contributed by atoms with E-state index in [9.17, 15) is 4.79 Å². The fourth-order valence-electron chi connectivity index (χ4n) is 2.19. The smallest absolute Gasteiger partial charge is 0.277 e. The zero-order valence-corrected chi connectivity index (χ0v) is 19.4. The van der Waals surface area contributed by atoms with E-state index in [1.807, 2.05) is 37.3 Å². The number of hydrazone groups is 1. The van der Waals surface area contributed by atoms with Gasteiger partial charge in [-0.3, -0.25) is 4.79 Å². The van der Waals surface area contributed by atoms with Crippen LogP contribution in [0, 0.1) is 6.92 Å². The summed E-state index contributed by atoms with van der Waals surface area (Å²) in [5, 5.41) is 3.96. The molecule has 0 fully saturated rings. The molecule has 0 unspecified atom stereocenters. The number of nitrogens with one attached hydrogen (secondary N) is 1. The zero-order valence-electron chi connectivity index (χ0n) is 14.6. The molecule has 7 heteroatoms. The average molecular weight is 547 g/mol. The molecule has 0 saturated carbocycles. The van der Waals surface area contributed by atoms with Crippen molar-refractivity contribution in [2.24, 2.45) is 5.10 Å². The van der Waals surface area contributed by atoms with Crippen molar-refractivity contribution in [2.75, 3.05) is 6.61 Å². The minimum Gasteiger partial charge on any atom is -0.482 e. The topological polar surface area (TPSA) is 50.7 Å². The first-order chi connectivity index (χ1) is 12.3. The lowest BCUT2D eigenvalue weighted by Crippen LogP contribution is -2.25. The molecule has 0 spiro atoms. The minimum absolute atomic E-state index is 0.114. The molecule has 0 aliphatic heterocycles. The van der Waals surface area contributed by atoms with Gasteiger partial charge < -0.3 is 4.74 Å². The van der Waals surface area contributed by atoms with Crippen molar-refractivity contribution in [3.8, 4) is 5.75 Å². The van der Waals surface area contributed by atoms with Crippen molar-refractivity contribution in [3.05, 3.63) is 60.4 Å². The van der Waals surface area contributed by atoms with Gasteiger partial charge >= 0.3 is 0 Å². The largest absolute Gasteiger partial charge is 0.482 e. The normalized spacial score (nSPS) is 11.2. The van der Waals surface area contributed by atoms with E-state index in [4.69, 9.17) is 4.74 Å². The van der Waals surface area contributed by atoms with Gasteiger partial charge in [-0.15, -0.1) is 0 Å². The first-order valence-electron chi connectivity index (χ1n) is 7.98. The molecule has 2 aromatic rings. The zero-order chi connectivity index (χ0) is 19.3. The van der Waals surface area contributed by atoms with Gasteiger partial charge in [0.1, 0.15) is 5.75 Å². The molecule has 0 bridgehead atoms. The summed E-state index contributed by atoms with van der Waals surface area (Å²) in [5.74, 6) is 0.630. The molecular weight excluding hydrogens is 528 g/mol. The second-order valence-electron chi connectivity index (χ2n) is 6.00. The van der Waals surface area contributed by atoms with Gasteiger partial charge in [-0.05, 0) is 63.7 Å². The van der Waals surface area contributed by atoms with Crippen LogP contribution in [0.4, 0.5) is 0 Å². The van der Waals surface area contributed by atoms with Gasteiger partial charge in [0.05, 0.1) is 10.7 Å². The first kappa shape index (κ1) is 21.1. The molecule has 0 radical (unpaired) electrons. The average Bonchev–Trinajstić information content (AvgIpc) is 2.60. The molecule has 1 amide bonds. The Balaban J connectivity index is 2.01. The Morgan fingerprint density at radius 2 is 1.88 bits per heavy atom. The van der Waals surface area contributed by atoms with Gasteiger partial charge in [-0.2, -0.15) is 5.10 Å². The molecule has 2 rings (SSSR count). The van der Waals surface area contributed by atoms with E-state index < -0.39 is 0 Å². The van der Waals surface area contributed by atoms with Crippen LogP contribution in [0.15, 0.2) is 48.9 Å². The highest BCUT2D eigenvalue weighted by Crippen LogP contribution is 2.40. The summed E-state index contributed by atoms with van der Waals surface area (Å²) in [6, 6.07) is 9.64. The van der Waals surface area contributed by atoms with Crippen LogP contribution in [-0.2, 0) is 4.79 Å². The maximum Gasteiger partial charge on any atom is 0.277 e. The SMILES string of the molecule is Cc1c(Br)cc(C(C)C)c(OCC(=O)NN=Cc2ccc(Br)cc2)c1Br. The third-order valence-corrected chi connectivity index (χ3v) is 5.98. The van der Waals surface area contributed by atoms with Crippen LogP contribution in [0.1, 0.15) is 36.5 Å². The van der Waals surface area contributed by atoms with Crippen LogP contribution in [0.3, 0.4) is 0 Å². The van der Waals surface area contributed by atoms with Crippen molar-refractivity contribution in [2.45, 2.75) is 26.7 Å². The maximum absolute atomic E-state index is 12.0. The van der Waals surface area contributed by atoms with Crippen LogP contribution >= 0.6 is 47.8 Å². The van der Waals surface area contributed by atoms with Gasteiger partial charge in [-0.25, -0.2) is 5.43 Å². The van der Waals surface area contributed by atoms with Gasteiger partial charge in [0.15, 0.2) is 6.61 Å². The Kier molecular flexibility index (Phi) is 7.85. The quantitative estimate of drug-likeness (QED) is 0.360. The lowest BCUT2D eigenvalue weighted by atomic mass is 10.0. The lowest BCUT2D eigenvalue weighted by molar-refractivity contribution is -0.123. The highest BCUT2D eigenvalue weighted by molar-refractivity contribution is 9.11.